The molecule has 1 aromatic rings. The maximum atomic E-state index is 10.4. The van der Waals surface area contributed by atoms with Gasteiger partial charge in [-0.25, -0.2) is 4.79 Å². The zero-order valence-electron chi connectivity index (χ0n) is 8.51. The quantitative estimate of drug-likeness (QED) is 0.763. The summed E-state index contributed by atoms with van der Waals surface area (Å²) >= 11 is 0. The normalized spacial score (nSPS) is 12.1. The van der Waals surface area contributed by atoms with Crippen molar-refractivity contribution in [2.45, 2.75) is 18.9 Å². The van der Waals surface area contributed by atoms with Gasteiger partial charge in [-0.15, -0.1) is 0 Å². The lowest BCUT2D eigenvalue weighted by molar-refractivity contribution is -0.146. The third-order valence-electron chi connectivity index (χ3n) is 2.15. The first-order valence-electron chi connectivity index (χ1n) is 4.67. The molecule has 0 aliphatic rings. The standard InChI is InChI=1S/C11H14O4/c1-15-9-5-2-8(3-6-9)4-7-10(12)11(13)14/h2-3,5-6,10,12H,4,7H2,1H3,(H,13,14). The number of aliphatic carboxylic acids is 1. The van der Waals surface area contributed by atoms with Gasteiger partial charge in [0.1, 0.15) is 5.75 Å². The van der Waals surface area contributed by atoms with Crippen LogP contribution in [0.3, 0.4) is 0 Å². The predicted molar refractivity (Wildman–Crippen MR) is 55.0 cm³/mol. The van der Waals surface area contributed by atoms with Gasteiger partial charge in [-0.05, 0) is 30.5 Å². The van der Waals surface area contributed by atoms with Crippen molar-refractivity contribution >= 4 is 5.97 Å². The number of carboxylic acid groups (broad SMARTS) is 1. The fourth-order valence-electron chi connectivity index (χ4n) is 1.22. The Kier molecular flexibility index (Phi) is 4.12. The van der Waals surface area contributed by atoms with Crippen molar-refractivity contribution in [1.82, 2.24) is 0 Å². The fourth-order valence-corrected chi connectivity index (χ4v) is 1.22. The van der Waals surface area contributed by atoms with Crippen LogP contribution >= 0.6 is 0 Å². The first-order valence-corrected chi connectivity index (χ1v) is 4.67. The number of rotatable bonds is 5. The van der Waals surface area contributed by atoms with Gasteiger partial charge in [-0.2, -0.15) is 0 Å². The highest BCUT2D eigenvalue weighted by atomic mass is 16.5. The van der Waals surface area contributed by atoms with Gasteiger partial charge in [0.25, 0.3) is 0 Å². The molecule has 0 aliphatic carbocycles. The Morgan fingerprint density at radius 2 is 2.00 bits per heavy atom. The van der Waals surface area contributed by atoms with E-state index in [0.29, 0.717) is 6.42 Å². The number of aliphatic hydroxyl groups excluding tert-OH is 1. The Labute approximate surface area is 88.1 Å². The minimum Gasteiger partial charge on any atom is -0.497 e. The summed E-state index contributed by atoms with van der Waals surface area (Å²) in [7, 11) is 1.59. The van der Waals surface area contributed by atoms with Gasteiger partial charge < -0.3 is 14.9 Å². The largest absolute Gasteiger partial charge is 0.497 e. The number of carboxylic acids is 1. The van der Waals surface area contributed by atoms with Crippen LogP contribution in [0, 0.1) is 0 Å². The molecule has 0 radical (unpaired) electrons. The van der Waals surface area contributed by atoms with Crippen molar-refractivity contribution in [2.75, 3.05) is 7.11 Å². The second kappa shape index (κ2) is 5.36. The molecule has 1 aromatic carbocycles. The molecule has 4 heteroatoms. The van der Waals surface area contributed by atoms with Gasteiger partial charge in [0.05, 0.1) is 7.11 Å². The van der Waals surface area contributed by atoms with Gasteiger partial charge >= 0.3 is 5.97 Å². The second-order valence-corrected chi connectivity index (χ2v) is 3.24. The maximum absolute atomic E-state index is 10.4. The number of benzene rings is 1. The van der Waals surface area contributed by atoms with Crippen molar-refractivity contribution in [3.63, 3.8) is 0 Å². The first kappa shape index (κ1) is 11.5. The maximum Gasteiger partial charge on any atom is 0.332 e. The molecule has 0 bridgehead atoms. The topological polar surface area (TPSA) is 66.8 Å². The van der Waals surface area contributed by atoms with E-state index in [-0.39, 0.29) is 6.42 Å². The van der Waals surface area contributed by atoms with Crippen LogP contribution in [0.5, 0.6) is 5.75 Å². The molecule has 15 heavy (non-hydrogen) atoms. The summed E-state index contributed by atoms with van der Waals surface area (Å²) in [5.41, 5.74) is 0.983. The van der Waals surface area contributed by atoms with Gasteiger partial charge in [-0.3, -0.25) is 0 Å². The average Bonchev–Trinajstić information content (AvgIpc) is 2.26. The molecule has 0 fully saturated rings. The molecule has 0 saturated carbocycles. The van der Waals surface area contributed by atoms with Gasteiger partial charge in [0, 0.05) is 0 Å². The van der Waals surface area contributed by atoms with E-state index in [1.165, 1.54) is 0 Å². The van der Waals surface area contributed by atoms with Crippen LogP contribution in [0.4, 0.5) is 0 Å². The smallest absolute Gasteiger partial charge is 0.332 e. The second-order valence-electron chi connectivity index (χ2n) is 3.24. The molecule has 0 saturated heterocycles. The molecule has 0 aromatic heterocycles. The lowest BCUT2D eigenvalue weighted by Gasteiger charge is -2.05. The van der Waals surface area contributed by atoms with E-state index in [2.05, 4.69) is 0 Å². The highest BCUT2D eigenvalue weighted by Crippen LogP contribution is 2.13. The van der Waals surface area contributed by atoms with Crippen LogP contribution in [0.15, 0.2) is 24.3 Å². The third-order valence-corrected chi connectivity index (χ3v) is 2.15. The number of aliphatic hydroxyl groups is 1. The highest BCUT2D eigenvalue weighted by Gasteiger charge is 2.12. The molecular weight excluding hydrogens is 196 g/mol. The zero-order valence-corrected chi connectivity index (χ0v) is 8.51. The number of hydrogen-bond acceptors (Lipinski definition) is 3. The molecule has 2 N–H and O–H groups in total. The van der Waals surface area contributed by atoms with Gasteiger partial charge in [0.15, 0.2) is 6.10 Å². The SMILES string of the molecule is COc1ccc(CCC(O)C(=O)O)cc1. The van der Waals surface area contributed by atoms with E-state index < -0.39 is 12.1 Å². The van der Waals surface area contributed by atoms with Crippen molar-refractivity contribution < 1.29 is 19.7 Å². The minimum absolute atomic E-state index is 0.224. The molecule has 82 valence electrons. The van der Waals surface area contributed by atoms with Crippen LogP contribution in [-0.2, 0) is 11.2 Å². The Morgan fingerprint density at radius 3 is 2.47 bits per heavy atom. The van der Waals surface area contributed by atoms with E-state index in [1.54, 1.807) is 7.11 Å². The average molecular weight is 210 g/mol. The fraction of sp³-hybridized carbons (Fsp3) is 0.364. The monoisotopic (exact) mass is 210 g/mol. The summed E-state index contributed by atoms with van der Waals surface area (Å²) in [6.45, 7) is 0. The number of carbonyl (C=O) groups is 1. The first-order chi connectivity index (χ1) is 7.13. The molecule has 0 amide bonds. The van der Waals surface area contributed by atoms with Crippen molar-refractivity contribution in [2.24, 2.45) is 0 Å². The molecule has 0 spiro atoms. The Hall–Kier alpha value is -1.55. The summed E-state index contributed by atoms with van der Waals surface area (Å²) in [5, 5.41) is 17.5. The number of aryl methyl sites for hydroxylation is 1. The predicted octanol–water partition coefficient (Wildman–Crippen LogP) is 1.07. The molecule has 0 aliphatic heterocycles. The summed E-state index contributed by atoms with van der Waals surface area (Å²) in [6.07, 6.45) is -0.522. The number of methoxy groups -OCH3 is 1. The van der Waals surface area contributed by atoms with Gasteiger partial charge in [-0.1, -0.05) is 12.1 Å². The van der Waals surface area contributed by atoms with E-state index >= 15 is 0 Å². The van der Waals surface area contributed by atoms with E-state index in [0.717, 1.165) is 11.3 Å². The summed E-state index contributed by atoms with van der Waals surface area (Å²) in [6, 6.07) is 7.33. The molecule has 1 unspecified atom stereocenters. The highest BCUT2D eigenvalue weighted by molar-refractivity contribution is 5.71. The lowest BCUT2D eigenvalue weighted by Crippen LogP contribution is -2.19. The van der Waals surface area contributed by atoms with Gasteiger partial charge in [0.2, 0.25) is 0 Å². The Bertz CT molecular complexity index is 318. The van der Waals surface area contributed by atoms with Crippen molar-refractivity contribution in [1.29, 1.82) is 0 Å². The van der Waals surface area contributed by atoms with E-state index in [1.807, 2.05) is 24.3 Å². The Balaban J connectivity index is 2.47. The van der Waals surface area contributed by atoms with Crippen LogP contribution in [0.25, 0.3) is 0 Å². The van der Waals surface area contributed by atoms with E-state index in [4.69, 9.17) is 14.9 Å². The van der Waals surface area contributed by atoms with Crippen LogP contribution in [0.1, 0.15) is 12.0 Å². The molecule has 1 atom stereocenters. The van der Waals surface area contributed by atoms with Crippen LogP contribution in [-0.4, -0.2) is 29.4 Å². The summed E-state index contributed by atoms with van der Waals surface area (Å²) < 4.78 is 4.99. The van der Waals surface area contributed by atoms with Crippen LogP contribution < -0.4 is 4.74 Å². The summed E-state index contributed by atoms with van der Waals surface area (Å²) in [4.78, 5) is 10.4. The molecular formula is C11H14O4. The summed E-state index contributed by atoms with van der Waals surface area (Å²) in [5.74, 6) is -0.416. The number of hydrogen-bond donors (Lipinski definition) is 2. The van der Waals surface area contributed by atoms with E-state index in [9.17, 15) is 4.79 Å². The molecule has 1 rings (SSSR count). The molecule has 0 heterocycles. The number of ether oxygens (including phenoxy) is 1. The third kappa shape index (κ3) is 3.59. The molecule has 4 nitrogen and oxygen atoms in total. The Morgan fingerprint density at radius 1 is 1.40 bits per heavy atom. The van der Waals surface area contributed by atoms with Crippen molar-refractivity contribution in [3.8, 4) is 5.75 Å². The van der Waals surface area contributed by atoms with Crippen LogP contribution in [0.2, 0.25) is 0 Å². The zero-order chi connectivity index (χ0) is 11.3. The lowest BCUT2D eigenvalue weighted by atomic mass is 10.1. The minimum atomic E-state index is -1.29. The van der Waals surface area contributed by atoms with Crippen molar-refractivity contribution in [3.05, 3.63) is 29.8 Å².